The lowest BCUT2D eigenvalue weighted by Crippen LogP contribution is -2.41. The number of ether oxygens (including phenoxy) is 1. The van der Waals surface area contributed by atoms with Gasteiger partial charge in [0.1, 0.15) is 5.76 Å². The molecule has 0 aliphatic rings. The van der Waals surface area contributed by atoms with Crippen LogP contribution in [0.15, 0.2) is 16.5 Å². The van der Waals surface area contributed by atoms with Crippen molar-refractivity contribution in [1.82, 2.24) is 5.32 Å². The van der Waals surface area contributed by atoms with Crippen molar-refractivity contribution < 1.29 is 19.1 Å². The summed E-state index contributed by atoms with van der Waals surface area (Å²) in [5.74, 6) is 0.400. The van der Waals surface area contributed by atoms with Crippen LogP contribution in [0.2, 0.25) is 0 Å². The zero-order valence-electron chi connectivity index (χ0n) is 11.2. The van der Waals surface area contributed by atoms with Gasteiger partial charge in [-0.3, -0.25) is 0 Å². The second kappa shape index (κ2) is 6.56. The highest BCUT2D eigenvalue weighted by molar-refractivity contribution is 5.86. The normalized spacial score (nSPS) is 14.2. The highest BCUT2D eigenvalue weighted by atomic mass is 16.5. The minimum absolute atomic E-state index is 0.132. The molecule has 0 aliphatic carbocycles. The molecule has 1 atom stereocenters. The summed E-state index contributed by atoms with van der Waals surface area (Å²) < 4.78 is 9.92. The van der Waals surface area contributed by atoms with Crippen LogP contribution in [0.1, 0.15) is 43.0 Å². The molecule has 0 fully saturated rings. The third-order valence-electron chi connectivity index (χ3n) is 3.18. The van der Waals surface area contributed by atoms with E-state index in [1.165, 1.54) is 7.11 Å². The van der Waals surface area contributed by atoms with Crippen LogP contribution in [0, 0.1) is 0 Å². The summed E-state index contributed by atoms with van der Waals surface area (Å²) in [6, 6.07) is 3.34. The van der Waals surface area contributed by atoms with Crippen molar-refractivity contribution >= 4 is 5.97 Å². The van der Waals surface area contributed by atoms with E-state index in [9.17, 15) is 4.79 Å². The molecule has 0 bridgehead atoms. The minimum Gasteiger partial charge on any atom is -0.463 e. The number of aliphatic hydroxyl groups excluding tert-OH is 1. The summed E-state index contributed by atoms with van der Waals surface area (Å²) in [5.41, 5.74) is -0.132. The van der Waals surface area contributed by atoms with E-state index in [2.05, 4.69) is 17.0 Å². The maximum atomic E-state index is 11.2. The Morgan fingerprint density at radius 1 is 1.56 bits per heavy atom. The number of carbonyl (C=O) groups excluding carboxylic acids is 1. The number of hydrogen-bond donors (Lipinski definition) is 2. The van der Waals surface area contributed by atoms with Crippen LogP contribution in [0.4, 0.5) is 0 Å². The van der Waals surface area contributed by atoms with Gasteiger partial charge in [0.15, 0.2) is 0 Å². The second-order valence-electron chi connectivity index (χ2n) is 4.50. The molecule has 1 aromatic rings. The van der Waals surface area contributed by atoms with Gasteiger partial charge in [-0.25, -0.2) is 4.79 Å². The highest BCUT2D eigenvalue weighted by Crippen LogP contribution is 2.16. The third kappa shape index (κ3) is 3.85. The molecule has 18 heavy (non-hydrogen) atoms. The Kier molecular flexibility index (Phi) is 5.37. The Morgan fingerprint density at radius 3 is 2.83 bits per heavy atom. The van der Waals surface area contributed by atoms with E-state index in [4.69, 9.17) is 9.52 Å². The topological polar surface area (TPSA) is 71.7 Å². The van der Waals surface area contributed by atoms with Crippen molar-refractivity contribution in [3.8, 4) is 0 Å². The van der Waals surface area contributed by atoms with Crippen LogP contribution in [0.3, 0.4) is 0 Å². The van der Waals surface area contributed by atoms with Crippen LogP contribution in [0.25, 0.3) is 0 Å². The molecule has 0 saturated heterocycles. The summed E-state index contributed by atoms with van der Waals surface area (Å²) in [4.78, 5) is 11.2. The molecule has 0 spiro atoms. The fourth-order valence-electron chi connectivity index (χ4n) is 1.62. The SMILES string of the molecule is CCC(C)(CCO)NCc1ccc(C(=O)OC)o1. The van der Waals surface area contributed by atoms with Crippen LogP contribution in [-0.2, 0) is 11.3 Å². The zero-order valence-corrected chi connectivity index (χ0v) is 11.2. The first kappa shape index (κ1) is 14.7. The first-order valence-corrected chi connectivity index (χ1v) is 6.07. The summed E-state index contributed by atoms with van der Waals surface area (Å²) >= 11 is 0. The van der Waals surface area contributed by atoms with E-state index in [1.54, 1.807) is 12.1 Å². The van der Waals surface area contributed by atoms with Gasteiger partial charge >= 0.3 is 5.97 Å². The zero-order chi connectivity index (χ0) is 13.6. The predicted octanol–water partition coefficient (Wildman–Crippen LogP) is 1.71. The first-order chi connectivity index (χ1) is 8.54. The first-order valence-electron chi connectivity index (χ1n) is 6.07. The maximum Gasteiger partial charge on any atom is 0.373 e. The molecule has 0 amide bonds. The van der Waals surface area contributed by atoms with Crippen LogP contribution < -0.4 is 5.32 Å². The van der Waals surface area contributed by atoms with Crippen LogP contribution >= 0.6 is 0 Å². The van der Waals surface area contributed by atoms with E-state index in [-0.39, 0.29) is 17.9 Å². The molecule has 0 aromatic carbocycles. The van der Waals surface area contributed by atoms with Crippen molar-refractivity contribution in [2.45, 2.75) is 38.8 Å². The summed E-state index contributed by atoms with van der Waals surface area (Å²) in [5, 5.41) is 12.3. The van der Waals surface area contributed by atoms with Crippen LogP contribution in [-0.4, -0.2) is 30.3 Å². The molecule has 1 aromatic heterocycles. The number of esters is 1. The Bertz CT molecular complexity index is 388. The summed E-state index contributed by atoms with van der Waals surface area (Å²) in [7, 11) is 1.32. The van der Waals surface area contributed by atoms with E-state index in [0.717, 1.165) is 6.42 Å². The molecule has 102 valence electrons. The van der Waals surface area contributed by atoms with Gasteiger partial charge < -0.3 is 19.6 Å². The van der Waals surface area contributed by atoms with Crippen molar-refractivity contribution in [1.29, 1.82) is 0 Å². The number of nitrogens with one attached hydrogen (secondary N) is 1. The summed E-state index contributed by atoms with van der Waals surface area (Å²) in [6.45, 7) is 4.77. The Morgan fingerprint density at radius 2 is 2.28 bits per heavy atom. The Labute approximate surface area is 107 Å². The molecule has 0 saturated carbocycles. The number of rotatable bonds is 7. The van der Waals surface area contributed by atoms with E-state index < -0.39 is 5.97 Å². The lowest BCUT2D eigenvalue weighted by molar-refractivity contribution is 0.0562. The minimum atomic E-state index is -0.477. The largest absolute Gasteiger partial charge is 0.463 e. The lowest BCUT2D eigenvalue weighted by atomic mass is 9.95. The third-order valence-corrected chi connectivity index (χ3v) is 3.18. The molecule has 0 aliphatic heterocycles. The number of hydrogen-bond acceptors (Lipinski definition) is 5. The average molecular weight is 255 g/mol. The number of furan rings is 1. The highest BCUT2D eigenvalue weighted by Gasteiger charge is 2.21. The quantitative estimate of drug-likeness (QED) is 0.726. The molecular weight excluding hydrogens is 234 g/mol. The van der Waals surface area contributed by atoms with E-state index in [0.29, 0.717) is 18.7 Å². The van der Waals surface area contributed by atoms with Crippen molar-refractivity contribution in [3.63, 3.8) is 0 Å². The average Bonchev–Trinajstić information content (AvgIpc) is 2.85. The molecule has 1 rings (SSSR count). The maximum absolute atomic E-state index is 11.2. The van der Waals surface area contributed by atoms with Crippen LogP contribution in [0.5, 0.6) is 0 Å². The standard InChI is InChI=1S/C13H21NO4/c1-4-13(2,7-8-15)14-9-10-5-6-11(18-10)12(16)17-3/h5-6,14-15H,4,7-9H2,1-3H3. The fourth-order valence-corrected chi connectivity index (χ4v) is 1.62. The van der Waals surface area contributed by atoms with Gasteiger partial charge in [0.05, 0.1) is 13.7 Å². The van der Waals surface area contributed by atoms with Gasteiger partial charge in [0.2, 0.25) is 5.76 Å². The summed E-state index contributed by atoms with van der Waals surface area (Å²) in [6.07, 6.45) is 1.58. The molecular formula is C13H21NO4. The molecule has 5 heteroatoms. The monoisotopic (exact) mass is 255 g/mol. The smallest absolute Gasteiger partial charge is 0.373 e. The number of aliphatic hydroxyl groups is 1. The second-order valence-corrected chi connectivity index (χ2v) is 4.50. The molecule has 5 nitrogen and oxygen atoms in total. The van der Waals surface area contributed by atoms with Gasteiger partial charge in [-0.1, -0.05) is 6.92 Å². The fraction of sp³-hybridized carbons (Fsp3) is 0.615. The lowest BCUT2D eigenvalue weighted by Gasteiger charge is -2.28. The molecule has 2 N–H and O–H groups in total. The van der Waals surface area contributed by atoms with E-state index >= 15 is 0 Å². The van der Waals surface area contributed by atoms with Gasteiger partial charge in [0.25, 0.3) is 0 Å². The molecule has 1 unspecified atom stereocenters. The van der Waals surface area contributed by atoms with Crippen molar-refractivity contribution in [2.75, 3.05) is 13.7 Å². The molecule has 1 heterocycles. The molecule has 0 radical (unpaired) electrons. The number of methoxy groups -OCH3 is 1. The van der Waals surface area contributed by atoms with E-state index in [1.807, 2.05) is 6.92 Å². The Hall–Kier alpha value is -1.33. The number of carbonyl (C=O) groups is 1. The van der Waals surface area contributed by atoms with Gasteiger partial charge in [0, 0.05) is 12.1 Å². The Balaban J connectivity index is 2.57. The van der Waals surface area contributed by atoms with Gasteiger partial charge in [-0.15, -0.1) is 0 Å². The van der Waals surface area contributed by atoms with Gasteiger partial charge in [-0.2, -0.15) is 0 Å². The van der Waals surface area contributed by atoms with Gasteiger partial charge in [-0.05, 0) is 31.9 Å². The predicted molar refractivity (Wildman–Crippen MR) is 67.3 cm³/mol. The van der Waals surface area contributed by atoms with Crippen molar-refractivity contribution in [2.24, 2.45) is 0 Å². The van der Waals surface area contributed by atoms with Crippen molar-refractivity contribution in [3.05, 3.63) is 23.7 Å².